The van der Waals surface area contributed by atoms with Gasteiger partial charge in [-0.05, 0) is 42.0 Å². The molecule has 7 nitrogen and oxygen atoms in total. The van der Waals surface area contributed by atoms with Crippen molar-refractivity contribution in [3.63, 3.8) is 0 Å². The van der Waals surface area contributed by atoms with Crippen LogP contribution in [0.5, 0.6) is 11.5 Å². The summed E-state index contributed by atoms with van der Waals surface area (Å²) in [6.07, 6.45) is 1.14. The molecule has 1 fully saturated rings. The van der Waals surface area contributed by atoms with Crippen LogP contribution in [-0.4, -0.2) is 55.7 Å². The molecule has 2 heterocycles. The van der Waals surface area contributed by atoms with Gasteiger partial charge in [0.15, 0.2) is 17.3 Å². The van der Waals surface area contributed by atoms with Crippen molar-refractivity contribution in [3.8, 4) is 11.5 Å². The smallest absolute Gasteiger partial charge is 0.232 e. The molecule has 1 unspecified atom stereocenters. The number of carbonyl (C=O) groups is 2. The number of hydrogen-bond acceptors (Lipinski definition) is 6. The average molecular weight is 517 g/mol. The molecule has 2 aromatic rings. The third kappa shape index (κ3) is 5.25. The Kier molecular flexibility index (Phi) is 7.39. The van der Waals surface area contributed by atoms with E-state index in [2.05, 4.69) is 13.8 Å². The molecule has 0 bridgehead atoms. The highest BCUT2D eigenvalue weighted by Gasteiger charge is 2.46. The Hall–Kier alpha value is -3.45. The first-order valence-corrected chi connectivity index (χ1v) is 13.3. The third-order valence-corrected chi connectivity index (χ3v) is 7.67. The van der Waals surface area contributed by atoms with E-state index >= 15 is 0 Å². The topological polar surface area (TPSA) is 77.4 Å². The number of morpholine rings is 1. The van der Waals surface area contributed by atoms with Gasteiger partial charge in [-0.1, -0.05) is 50.2 Å². The van der Waals surface area contributed by atoms with Crippen molar-refractivity contribution in [2.75, 3.05) is 33.4 Å². The maximum absolute atomic E-state index is 13.9. The minimum Gasteiger partial charge on any atom is -0.493 e. The van der Waals surface area contributed by atoms with Gasteiger partial charge in [-0.2, -0.15) is 0 Å². The van der Waals surface area contributed by atoms with Crippen LogP contribution < -0.4 is 9.47 Å². The third-order valence-electron chi connectivity index (χ3n) is 7.67. The number of ether oxygens (including phenoxy) is 3. The van der Waals surface area contributed by atoms with Crippen molar-refractivity contribution in [2.45, 2.75) is 46.1 Å². The Morgan fingerprint density at radius 3 is 2.53 bits per heavy atom. The van der Waals surface area contributed by atoms with Gasteiger partial charge in [0.25, 0.3) is 0 Å². The van der Waals surface area contributed by atoms with E-state index in [1.165, 1.54) is 0 Å². The molecule has 3 aliphatic rings. The lowest BCUT2D eigenvalue weighted by atomic mass is 9.66. The Labute approximate surface area is 224 Å². The molecule has 2 atom stereocenters. The van der Waals surface area contributed by atoms with Crippen LogP contribution in [0.15, 0.2) is 64.8 Å². The lowest BCUT2D eigenvalue weighted by Crippen LogP contribution is -2.48. The summed E-state index contributed by atoms with van der Waals surface area (Å²) >= 11 is 0. The number of rotatable bonds is 6. The SMILES string of the molecule is COc1cc([C@@H]2C3=C(CC(C)(C)CC3=O)N=C(C)C2C(=O)N2CCOCC2)ccc1OCc1ccccc1. The van der Waals surface area contributed by atoms with Gasteiger partial charge in [0.05, 0.1) is 26.2 Å². The van der Waals surface area contributed by atoms with Gasteiger partial charge in [-0.3, -0.25) is 14.6 Å². The summed E-state index contributed by atoms with van der Waals surface area (Å²) in [5.41, 5.74) is 3.97. The zero-order valence-corrected chi connectivity index (χ0v) is 22.7. The molecule has 1 aliphatic carbocycles. The molecule has 38 heavy (non-hydrogen) atoms. The zero-order valence-electron chi connectivity index (χ0n) is 22.7. The molecule has 0 spiro atoms. The number of ketones is 1. The van der Waals surface area contributed by atoms with Gasteiger partial charge in [-0.25, -0.2) is 0 Å². The molecule has 7 heteroatoms. The Morgan fingerprint density at radius 2 is 1.82 bits per heavy atom. The molecule has 0 saturated carbocycles. The fraction of sp³-hybridized carbons (Fsp3) is 0.452. The number of methoxy groups -OCH3 is 1. The van der Waals surface area contributed by atoms with Crippen molar-refractivity contribution in [2.24, 2.45) is 16.3 Å². The number of hydrogen-bond donors (Lipinski definition) is 0. The van der Waals surface area contributed by atoms with Crippen molar-refractivity contribution >= 4 is 17.4 Å². The molecule has 0 N–H and O–H groups in total. The van der Waals surface area contributed by atoms with Crippen molar-refractivity contribution in [3.05, 3.63) is 70.9 Å². The largest absolute Gasteiger partial charge is 0.493 e. The van der Waals surface area contributed by atoms with Gasteiger partial charge < -0.3 is 19.1 Å². The van der Waals surface area contributed by atoms with Crippen LogP contribution in [0.3, 0.4) is 0 Å². The summed E-state index contributed by atoms with van der Waals surface area (Å²) in [6, 6.07) is 15.7. The van der Waals surface area contributed by atoms with Gasteiger partial charge in [-0.15, -0.1) is 0 Å². The van der Waals surface area contributed by atoms with Crippen LogP contribution in [0.1, 0.15) is 50.7 Å². The molecular formula is C31H36N2O5. The monoisotopic (exact) mass is 516 g/mol. The van der Waals surface area contributed by atoms with Crippen molar-refractivity contribution in [1.82, 2.24) is 4.90 Å². The molecule has 2 aromatic carbocycles. The number of allylic oxidation sites excluding steroid dienone is 2. The normalized spacial score (nSPS) is 23.0. The number of amides is 1. The quantitative estimate of drug-likeness (QED) is 0.543. The summed E-state index contributed by atoms with van der Waals surface area (Å²) in [5, 5.41) is 0. The molecule has 0 aromatic heterocycles. The molecule has 1 amide bonds. The predicted molar refractivity (Wildman–Crippen MR) is 146 cm³/mol. The molecule has 5 rings (SSSR count). The molecular weight excluding hydrogens is 480 g/mol. The van der Waals surface area contributed by atoms with E-state index in [1.54, 1.807) is 7.11 Å². The van der Waals surface area contributed by atoms with E-state index in [4.69, 9.17) is 19.2 Å². The standard InChI is InChI=1S/C31H36N2O5/c1-20-27(30(35)33-12-14-37-15-13-33)28(29-23(32-20)17-31(2,3)18-24(29)34)22-10-11-25(26(16-22)36-4)38-19-21-8-6-5-7-9-21/h5-11,16,27-28H,12-15,17-19H2,1-4H3/t27?,28-/m0/s1. The maximum atomic E-state index is 13.9. The van der Waals surface area contributed by atoms with Gasteiger partial charge in [0.1, 0.15) is 6.61 Å². The van der Waals surface area contributed by atoms with Gasteiger partial charge in [0.2, 0.25) is 5.91 Å². The summed E-state index contributed by atoms with van der Waals surface area (Å²) in [6.45, 7) is 8.63. The van der Waals surface area contributed by atoms with Crippen LogP contribution >= 0.6 is 0 Å². The number of Topliss-reactive ketones (excluding diaryl/α,β-unsaturated/α-hetero) is 1. The van der Waals surface area contributed by atoms with E-state index in [9.17, 15) is 9.59 Å². The fourth-order valence-electron chi connectivity index (χ4n) is 5.84. The summed E-state index contributed by atoms with van der Waals surface area (Å²) in [4.78, 5) is 34.3. The van der Waals surface area contributed by atoms with Crippen LogP contribution in [0.2, 0.25) is 0 Å². The van der Waals surface area contributed by atoms with E-state index in [1.807, 2.05) is 60.4 Å². The lowest BCUT2D eigenvalue weighted by molar-refractivity contribution is -0.138. The molecule has 1 saturated heterocycles. The maximum Gasteiger partial charge on any atom is 0.232 e. The van der Waals surface area contributed by atoms with Crippen molar-refractivity contribution < 1.29 is 23.8 Å². The fourth-order valence-corrected chi connectivity index (χ4v) is 5.84. The minimum absolute atomic E-state index is 0.00731. The molecule has 200 valence electrons. The number of carbonyl (C=O) groups excluding carboxylic acids is 2. The highest BCUT2D eigenvalue weighted by atomic mass is 16.5. The Bertz CT molecular complexity index is 1270. The second kappa shape index (κ2) is 10.7. The van der Waals surface area contributed by atoms with E-state index in [0.717, 1.165) is 22.5 Å². The number of nitrogens with zero attached hydrogens (tertiary/aromatic N) is 2. The second-order valence-electron chi connectivity index (χ2n) is 11.1. The molecule has 0 radical (unpaired) electrons. The first kappa shape index (κ1) is 26.2. The lowest BCUT2D eigenvalue weighted by Gasteiger charge is -2.41. The van der Waals surface area contributed by atoms with E-state index in [0.29, 0.717) is 62.8 Å². The van der Waals surface area contributed by atoms with Crippen LogP contribution in [0.25, 0.3) is 0 Å². The van der Waals surface area contributed by atoms with Gasteiger partial charge >= 0.3 is 0 Å². The Balaban J connectivity index is 1.54. The predicted octanol–water partition coefficient (Wildman–Crippen LogP) is 4.95. The summed E-state index contributed by atoms with van der Waals surface area (Å²) < 4.78 is 17.3. The van der Waals surface area contributed by atoms with Crippen LogP contribution in [0, 0.1) is 11.3 Å². The van der Waals surface area contributed by atoms with Gasteiger partial charge in [0, 0.05) is 42.4 Å². The highest BCUT2D eigenvalue weighted by molar-refractivity contribution is 6.10. The summed E-state index contributed by atoms with van der Waals surface area (Å²) in [7, 11) is 1.61. The number of aliphatic imine (C=N–C) groups is 1. The van der Waals surface area contributed by atoms with Crippen molar-refractivity contribution in [1.29, 1.82) is 0 Å². The van der Waals surface area contributed by atoms with Crippen LogP contribution in [0.4, 0.5) is 0 Å². The first-order chi connectivity index (χ1) is 18.3. The minimum atomic E-state index is -0.558. The van der Waals surface area contributed by atoms with E-state index < -0.39 is 11.8 Å². The second-order valence-corrected chi connectivity index (χ2v) is 11.1. The average Bonchev–Trinajstić information content (AvgIpc) is 2.91. The number of benzene rings is 2. The Morgan fingerprint density at radius 1 is 1.08 bits per heavy atom. The summed E-state index contributed by atoms with van der Waals surface area (Å²) in [5.74, 6) is 0.258. The first-order valence-electron chi connectivity index (χ1n) is 13.3. The van der Waals surface area contributed by atoms with E-state index in [-0.39, 0.29) is 17.1 Å². The zero-order chi connectivity index (χ0) is 26.9. The highest BCUT2D eigenvalue weighted by Crippen LogP contribution is 2.49. The van der Waals surface area contributed by atoms with Crippen LogP contribution in [-0.2, 0) is 20.9 Å². The molecule has 2 aliphatic heterocycles.